The second-order valence-corrected chi connectivity index (χ2v) is 1.71. The average molecular weight is 86.1 g/mol. The predicted octanol–water partition coefficient (Wildman–Crippen LogP) is 0.583. The van der Waals surface area contributed by atoms with E-state index in [1.165, 1.54) is 0 Å². The van der Waals surface area contributed by atoms with Gasteiger partial charge in [-0.15, -0.1) is 0 Å². The number of rotatable bonds is 1. The Morgan fingerprint density at radius 3 is 1.83 bits per heavy atom. The average Bonchev–Trinajstić information content (AvgIpc) is 2.06. The quantitative estimate of drug-likeness (QED) is 0.419. The van der Waals surface area contributed by atoms with E-state index in [1.54, 1.807) is 0 Å². The summed E-state index contributed by atoms with van der Waals surface area (Å²) in [4.78, 5) is 0. The smallest absolute Gasteiger partial charge is 0.198 e. The van der Waals surface area contributed by atoms with Gasteiger partial charge < -0.3 is 0 Å². The van der Waals surface area contributed by atoms with E-state index in [0.29, 0.717) is 0 Å². The molecule has 0 aromatic rings. The van der Waals surface area contributed by atoms with Crippen molar-refractivity contribution in [3.8, 4) is 0 Å². The highest BCUT2D eigenvalue weighted by atomic mass is 16.5. The summed E-state index contributed by atoms with van der Waals surface area (Å²) in [6.45, 7) is 0. The van der Waals surface area contributed by atoms with Crippen molar-refractivity contribution in [2.45, 2.75) is 19.1 Å². The van der Waals surface area contributed by atoms with Gasteiger partial charge in [-0.3, -0.25) is 0 Å². The van der Waals surface area contributed by atoms with Crippen LogP contribution in [0.5, 0.6) is 0 Å². The maximum Gasteiger partial charge on any atom is 0.227 e. The monoisotopic (exact) mass is 86.0 g/mol. The van der Waals surface area contributed by atoms with E-state index in [2.05, 4.69) is 0 Å². The zero-order valence-electron chi connectivity index (χ0n) is 3.39. The Balaban J connectivity index is 2.13. The molecule has 1 rings (SSSR count). The Hall–Kier alpha value is -0.0800. The van der Waals surface area contributed by atoms with Gasteiger partial charge in [-0.1, -0.05) is 0 Å². The summed E-state index contributed by atoms with van der Waals surface area (Å²) in [5.74, 6) is -0.00926. The van der Waals surface area contributed by atoms with Crippen LogP contribution in [0.4, 0.5) is 0 Å². The minimum Gasteiger partial charge on any atom is -0.198 e. The van der Waals surface area contributed by atoms with Gasteiger partial charge in [0.2, 0.25) is 6.29 Å². The zero-order chi connectivity index (χ0) is 4.57. The molecule has 1 aliphatic carbocycles. The maximum absolute atomic E-state index is 9.73. The molecule has 0 heterocycles. The number of hydrogen-bond acceptors (Lipinski definition) is 0. The lowest BCUT2D eigenvalue weighted by molar-refractivity contribution is -0.149. The van der Waals surface area contributed by atoms with E-state index in [-0.39, 0.29) is 5.92 Å². The fraction of sp³-hybridized carbons (Fsp3) is 1.00. The second-order valence-electron chi connectivity index (χ2n) is 1.71. The largest absolute Gasteiger partial charge is 0.227 e. The summed E-state index contributed by atoms with van der Waals surface area (Å²) in [6, 6.07) is 0. The third-order valence-electron chi connectivity index (χ3n) is 1.01. The minimum absolute atomic E-state index is 0.00926. The molecule has 0 aromatic heterocycles. The normalized spacial score (nSPS) is 22.5. The molecule has 0 spiro atoms. The molecule has 0 bridgehead atoms. The van der Waals surface area contributed by atoms with Gasteiger partial charge in [-0.05, 0) is 12.8 Å². The molecule has 0 unspecified atom stereocenters. The SMILES string of the molecule is [O]C([O])C1CC1. The van der Waals surface area contributed by atoms with Gasteiger partial charge in [0.1, 0.15) is 0 Å². The highest BCUT2D eigenvalue weighted by Crippen LogP contribution is 2.31. The first-order chi connectivity index (χ1) is 2.80. The first-order valence-corrected chi connectivity index (χ1v) is 2.12. The van der Waals surface area contributed by atoms with Gasteiger partial charge in [0.15, 0.2) is 0 Å². The number of hydrogen-bond donors (Lipinski definition) is 0. The van der Waals surface area contributed by atoms with Crippen LogP contribution in [0, 0.1) is 5.92 Å². The Morgan fingerprint density at radius 1 is 1.33 bits per heavy atom. The molecular formula is C4H6O2. The molecule has 2 heteroatoms. The van der Waals surface area contributed by atoms with Gasteiger partial charge in [0, 0.05) is 5.92 Å². The van der Waals surface area contributed by atoms with Gasteiger partial charge in [0.25, 0.3) is 0 Å². The summed E-state index contributed by atoms with van der Waals surface area (Å²) in [5, 5.41) is 19.5. The zero-order valence-corrected chi connectivity index (χ0v) is 3.39. The molecule has 0 saturated heterocycles. The molecule has 0 aromatic carbocycles. The van der Waals surface area contributed by atoms with Crippen LogP contribution in [-0.2, 0) is 10.2 Å². The summed E-state index contributed by atoms with van der Waals surface area (Å²) < 4.78 is 0. The third kappa shape index (κ3) is 0.698. The van der Waals surface area contributed by atoms with E-state index < -0.39 is 6.29 Å². The van der Waals surface area contributed by atoms with Crippen molar-refractivity contribution in [2.75, 3.05) is 0 Å². The molecule has 2 nitrogen and oxygen atoms in total. The molecule has 1 aliphatic rings. The van der Waals surface area contributed by atoms with E-state index >= 15 is 0 Å². The standard InChI is InChI=1S/C4H6O2/c5-4(6)3-1-2-3/h3-4H,1-2H2. The van der Waals surface area contributed by atoms with Gasteiger partial charge in [-0.25, -0.2) is 0 Å². The maximum atomic E-state index is 9.73. The Bertz CT molecular complexity index is 47.5. The molecule has 1 fully saturated rings. The first-order valence-electron chi connectivity index (χ1n) is 2.12. The fourth-order valence-corrected chi connectivity index (χ4v) is 0.368. The topological polar surface area (TPSA) is 39.8 Å². The van der Waals surface area contributed by atoms with E-state index in [1.807, 2.05) is 0 Å². The van der Waals surface area contributed by atoms with Crippen LogP contribution in [-0.4, -0.2) is 6.29 Å². The van der Waals surface area contributed by atoms with Crippen LogP contribution < -0.4 is 0 Å². The molecule has 2 radical (unpaired) electrons. The predicted molar refractivity (Wildman–Crippen MR) is 17.9 cm³/mol. The second kappa shape index (κ2) is 1.21. The Labute approximate surface area is 36.4 Å². The summed E-state index contributed by atoms with van der Waals surface area (Å²) in [6.07, 6.45) is 0.208. The summed E-state index contributed by atoms with van der Waals surface area (Å²) in [5.41, 5.74) is 0. The summed E-state index contributed by atoms with van der Waals surface area (Å²) in [7, 11) is 0. The molecule has 0 aliphatic heterocycles. The molecule has 0 atom stereocenters. The van der Waals surface area contributed by atoms with Crippen molar-refractivity contribution in [1.82, 2.24) is 0 Å². The van der Waals surface area contributed by atoms with Crippen molar-refractivity contribution in [1.29, 1.82) is 0 Å². The van der Waals surface area contributed by atoms with Crippen molar-refractivity contribution >= 4 is 0 Å². The van der Waals surface area contributed by atoms with Crippen LogP contribution in [0.2, 0.25) is 0 Å². The highest BCUT2D eigenvalue weighted by molar-refractivity contribution is 4.73. The van der Waals surface area contributed by atoms with Crippen molar-refractivity contribution in [3.05, 3.63) is 0 Å². The lowest BCUT2D eigenvalue weighted by Gasteiger charge is -1.85. The Morgan fingerprint density at radius 2 is 1.83 bits per heavy atom. The lowest BCUT2D eigenvalue weighted by Crippen LogP contribution is -2.00. The molecule has 1 saturated carbocycles. The van der Waals surface area contributed by atoms with Crippen molar-refractivity contribution < 1.29 is 10.2 Å². The highest BCUT2D eigenvalue weighted by Gasteiger charge is 2.30. The molecule has 0 amide bonds. The fourth-order valence-electron chi connectivity index (χ4n) is 0.368. The third-order valence-corrected chi connectivity index (χ3v) is 1.01. The molecule has 0 N–H and O–H groups in total. The van der Waals surface area contributed by atoms with E-state index in [0.717, 1.165) is 12.8 Å². The van der Waals surface area contributed by atoms with Gasteiger partial charge >= 0.3 is 0 Å². The lowest BCUT2D eigenvalue weighted by atomic mass is 10.4. The van der Waals surface area contributed by atoms with Gasteiger partial charge in [-0.2, -0.15) is 10.2 Å². The van der Waals surface area contributed by atoms with Crippen molar-refractivity contribution in [3.63, 3.8) is 0 Å². The van der Waals surface area contributed by atoms with Crippen molar-refractivity contribution in [2.24, 2.45) is 5.92 Å². The summed E-state index contributed by atoms with van der Waals surface area (Å²) >= 11 is 0. The molecule has 34 valence electrons. The van der Waals surface area contributed by atoms with Gasteiger partial charge in [0.05, 0.1) is 0 Å². The van der Waals surface area contributed by atoms with Crippen LogP contribution in [0.1, 0.15) is 12.8 Å². The van der Waals surface area contributed by atoms with Crippen LogP contribution in [0.15, 0.2) is 0 Å². The molecular weight excluding hydrogens is 80.0 g/mol. The van der Waals surface area contributed by atoms with Crippen LogP contribution >= 0.6 is 0 Å². The van der Waals surface area contributed by atoms with E-state index in [4.69, 9.17) is 0 Å². The molecule has 6 heavy (non-hydrogen) atoms. The van der Waals surface area contributed by atoms with E-state index in [9.17, 15) is 10.2 Å². The first kappa shape index (κ1) is 4.09. The van der Waals surface area contributed by atoms with Crippen LogP contribution in [0.25, 0.3) is 0 Å². The Kier molecular flexibility index (Phi) is 0.821. The minimum atomic E-state index is -1.54. The van der Waals surface area contributed by atoms with Crippen LogP contribution in [0.3, 0.4) is 0 Å².